The van der Waals surface area contributed by atoms with Crippen molar-refractivity contribution in [3.8, 4) is 0 Å². The summed E-state index contributed by atoms with van der Waals surface area (Å²) in [5, 5.41) is 0.431. The molecule has 0 aromatic heterocycles. The van der Waals surface area contributed by atoms with Gasteiger partial charge in [-0.1, -0.05) is 11.6 Å². The maximum atomic E-state index is 12.7. The van der Waals surface area contributed by atoms with Gasteiger partial charge in [0.15, 0.2) is 0 Å². The first-order chi connectivity index (χ1) is 9.14. The van der Waals surface area contributed by atoms with Gasteiger partial charge in [-0.3, -0.25) is 4.90 Å². The Hall–Kier alpha value is -0.820. The van der Waals surface area contributed by atoms with Crippen molar-refractivity contribution in [2.24, 2.45) is 0 Å². The molecule has 1 fully saturated rings. The molecule has 5 nitrogen and oxygen atoms in total. The topological polar surface area (TPSA) is 66.6 Å². The van der Waals surface area contributed by atoms with E-state index >= 15 is 0 Å². The largest absolute Gasteiger partial charge is 0.398 e. The molecule has 1 saturated heterocycles. The van der Waals surface area contributed by atoms with Gasteiger partial charge in [0.1, 0.15) is 4.90 Å². The summed E-state index contributed by atoms with van der Waals surface area (Å²) in [6.45, 7) is 5.65. The van der Waals surface area contributed by atoms with E-state index < -0.39 is 10.0 Å². The van der Waals surface area contributed by atoms with Gasteiger partial charge in [-0.05, 0) is 39.1 Å². The van der Waals surface area contributed by atoms with Crippen LogP contribution in [0.5, 0.6) is 0 Å². The number of halogens is 1. The van der Waals surface area contributed by atoms with Gasteiger partial charge in [-0.2, -0.15) is 4.31 Å². The van der Waals surface area contributed by atoms with E-state index in [0.29, 0.717) is 24.7 Å². The lowest BCUT2D eigenvalue weighted by molar-refractivity contribution is 0.0802. The Kier molecular flexibility index (Phi) is 4.03. The third kappa shape index (κ3) is 2.79. The maximum Gasteiger partial charge on any atom is 0.245 e. The highest BCUT2D eigenvalue weighted by molar-refractivity contribution is 7.89. The van der Waals surface area contributed by atoms with E-state index in [1.54, 1.807) is 6.07 Å². The van der Waals surface area contributed by atoms with Crippen LogP contribution in [0.25, 0.3) is 0 Å². The van der Waals surface area contributed by atoms with Crippen LogP contribution in [-0.2, 0) is 10.0 Å². The number of hydrogen-bond donors (Lipinski definition) is 1. The molecule has 0 radical (unpaired) electrons. The van der Waals surface area contributed by atoms with Gasteiger partial charge in [-0.25, -0.2) is 8.42 Å². The van der Waals surface area contributed by atoms with Gasteiger partial charge >= 0.3 is 0 Å². The molecular weight excluding hydrogens is 298 g/mol. The Morgan fingerprint density at radius 2 is 1.95 bits per heavy atom. The van der Waals surface area contributed by atoms with Crippen molar-refractivity contribution in [1.82, 2.24) is 9.21 Å². The second kappa shape index (κ2) is 5.18. The number of sulfonamides is 1. The third-order valence-corrected chi connectivity index (χ3v) is 6.03. The molecule has 2 rings (SSSR count). The number of hydrogen-bond acceptors (Lipinski definition) is 4. The predicted octanol–water partition coefficient (Wildman–Crippen LogP) is 1.64. The Bertz CT molecular complexity index is 616. The molecule has 20 heavy (non-hydrogen) atoms. The van der Waals surface area contributed by atoms with E-state index in [9.17, 15) is 8.42 Å². The van der Waals surface area contributed by atoms with Crippen molar-refractivity contribution < 1.29 is 8.42 Å². The van der Waals surface area contributed by atoms with Gasteiger partial charge in [-0.15, -0.1) is 0 Å². The summed E-state index contributed by atoms with van der Waals surface area (Å²) in [6.07, 6.45) is 0. The molecule has 1 aromatic rings. The van der Waals surface area contributed by atoms with E-state index in [-0.39, 0.29) is 16.1 Å². The van der Waals surface area contributed by atoms with Crippen molar-refractivity contribution in [2.45, 2.75) is 24.3 Å². The van der Waals surface area contributed by atoms with Crippen LogP contribution in [0.3, 0.4) is 0 Å². The van der Waals surface area contributed by atoms with Crippen LogP contribution in [0, 0.1) is 0 Å². The Morgan fingerprint density at radius 3 is 2.50 bits per heavy atom. The average molecular weight is 318 g/mol. The lowest BCUT2D eigenvalue weighted by atomic mass is 10.0. The summed E-state index contributed by atoms with van der Waals surface area (Å²) in [5.74, 6) is 0. The molecule has 0 spiro atoms. The fourth-order valence-electron chi connectivity index (χ4n) is 2.29. The first kappa shape index (κ1) is 15.6. The predicted molar refractivity (Wildman–Crippen MR) is 81.3 cm³/mol. The minimum atomic E-state index is -3.58. The quantitative estimate of drug-likeness (QED) is 0.842. The Labute approximate surface area is 125 Å². The summed E-state index contributed by atoms with van der Waals surface area (Å²) in [4.78, 5) is 2.28. The van der Waals surface area contributed by atoms with Crippen LogP contribution in [0.1, 0.15) is 13.8 Å². The fourth-order valence-corrected chi connectivity index (χ4v) is 4.16. The number of rotatable bonds is 2. The lowest BCUT2D eigenvalue weighted by Crippen LogP contribution is -2.58. The van der Waals surface area contributed by atoms with Crippen LogP contribution in [-0.4, -0.2) is 49.8 Å². The second-order valence-electron chi connectivity index (χ2n) is 5.75. The smallest absolute Gasteiger partial charge is 0.245 e. The highest BCUT2D eigenvalue weighted by atomic mass is 35.5. The molecule has 7 heteroatoms. The van der Waals surface area contributed by atoms with E-state index in [2.05, 4.69) is 4.90 Å². The molecule has 0 aliphatic carbocycles. The van der Waals surface area contributed by atoms with Crippen LogP contribution in [0.2, 0.25) is 5.02 Å². The minimum Gasteiger partial charge on any atom is -0.398 e. The molecule has 0 bridgehead atoms. The molecule has 0 saturated carbocycles. The average Bonchev–Trinajstić information content (AvgIpc) is 2.31. The minimum absolute atomic E-state index is 0.127. The van der Waals surface area contributed by atoms with Crippen molar-refractivity contribution >= 4 is 27.3 Å². The van der Waals surface area contributed by atoms with Crippen LogP contribution < -0.4 is 5.73 Å². The monoisotopic (exact) mass is 317 g/mol. The summed E-state index contributed by atoms with van der Waals surface area (Å²) in [6, 6.07) is 4.49. The zero-order valence-electron chi connectivity index (χ0n) is 11.9. The van der Waals surface area contributed by atoms with Gasteiger partial charge in [0.25, 0.3) is 0 Å². The zero-order chi connectivity index (χ0) is 15.1. The zero-order valence-corrected chi connectivity index (χ0v) is 13.5. The summed E-state index contributed by atoms with van der Waals surface area (Å²) in [5.41, 5.74) is 5.80. The maximum absolute atomic E-state index is 12.7. The fraction of sp³-hybridized carbons (Fsp3) is 0.538. The number of nitrogens with two attached hydrogens (primary N) is 1. The lowest BCUT2D eigenvalue weighted by Gasteiger charge is -2.44. The second-order valence-corrected chi connectivity index (χ2v) is 8.10. The molecule has 0 unspecified atom stereocenters. The SMILES string of the molecule is CN1CCN(S(=O)(=O)c2ccc(Cl)cc2N)CC1(C)C. The molecule has 112 valence electrons. The van der Waals surface area contributed by atoms with E-state index in [4.69, 9.17) is 17.3 Å². The van der Waals surface area contributed by atoms with Crippen molar-refractivity contribution in [1.29, 1.82) is 0 Å². The highest BCUT2D eigenvalue weighted by Gasteiger charge is 2.37. The van der Waals surface area contributed by atoms with Crippen molar-refractivity contribution in [3.63, 3.8) is 0 Å². The van der Waals surface area contributed by atoms with Gasteiger partial charge in [0, 0.05) is 30.2 Å². The van der Waals surface area contributed by atoms with Crippen LogP contribution >= 0.6 is 11.6 Å². The van der Waals surface area contributed by atoms with Gasteiger partial charge < -0.3 is 5.73 Å². The van der Waals surface area contributed by atoms with Crippen molar-refractivity contribution in [3.05, 3.63) is 23.2 Å². The highest BCUT2D eigenvalue weighted by Crippen LogP contribution is 2.29. The molecule has 1 aromatic carbocycles. The third-order valence-electron chi connectivity index (χ3n) is 3.87. The molecule has 0 atom stereocenters. The molecule has 2 N–H and O–H groups in total. The molecule has 1 heterocycles. The Morgan fingerprint density at radius 1 is 1.30 bits per heavy atom. The first-order valence-corrected chi connectivity index (χ1v) is 8.23. The van der Waals surface area contributed by atoms with Gasteiger partial charge in [0.05, 0.1) is 5.69 Å². The standard InChI is InChI=1S/C13H20ClN3O2S/c1-13(2)9-17(7-6-16(13)3)20(18,19)12-5-4-10(14)8-11(12)15/h4-5,8H,6-7,9,15H2,1-3H3. The molecular formula is C13H20ClN3O2S. The summed E-state index contributed by atoms with van der Waals surface area (Å²) >= 11 is 5.82. The van der Waals surface area contributed by atoms with Crippen LogP contribution in [0.4, 0.5) is 5.69 Å². The number of piperazine rings is 1. The number of benzene rings is 1. The molecule has 1 aliphatic rings. The molecule has 0 amide bonds. The van der Waals surface area contributed by atoms with Crippen LogP contribution in [0.15, 0.2) is 23.1 Å². The van der Waals surface area contributed by atoms with Crippen molar-refractivity contribution in [2.75, 3.05) is 32.4 Å². The molecule has 1 aliphatic heterocycles. The summed E-state index contributed by atoms with van der Waals surface area (Å²) in [7, 11) is -1.58. The van der Waals surface area contributed by atoms with E-state index in [1.165, 1.54) is 16.4 Å². The number of anilines is 1. The Balaban J connectivity index is 2.36. The first-order valence-electron chi connectivity index (χ1n) is 6.41. The van der Waals surface area contributed by atoms with E-state index in [0.717, 1.165) is 0 Å². The number of likely N-dealkylation sites (N-methyl/N-ethyl adjacent to an activating group) is 1. The number of nitrogen functional groups attached to an aromatic ring is 1. The summed E-state index contributed by atoms with van der Waals surface area (Å²) < 4.78 is 26.9. The van der Waals surface area contributed by atoms with E-state index in [1.807, 2.05) is 20.9 Å². The van der Waals surface area contributed by atoms with Gasteiger partial charge in [0.2, 0.25) is 10.0 Å². The normalized spacial score (nSPS) is 21.0. The number of nitrogens with zero attached hydrogens (tertiary/aromatic N) is 2.